The van der Waals surface area contributed by atoms with Crippen LogP contribution in [-0.4, -0.2) is 96.7 Å². The minimum atomic E-state index is -0.516. The van der Waals surface area contributed by atoms with Gasteiger partial charge in [0.15, 0.2) is 0 Å². The molecule has 4 unspecified atom stereocenters. The van der Waals surface area contributed by atoms with Gasteiger partial charge in [0.2, 0.25) is 0 Å². The maximum absolute atomic E-state index is 7.75. The minimum Gasteiger partial charge on any atom is -0.494 e. The monoisotopic (exact) mass is 1090 g/mol. The molecule has 4 aromatic carbocycles. The average Bonchev–Trinajstić information content (AvgIpc) is 4.04. The smallest absolute Gasteiger partial charge is 0.141 e. The topological polar surface area (TPSA) is 306 Å². The zero-order valence-electron chi connectivity index (χ0n) is 43.1. The summed E-state index contributed by atoms with van der Waals surface area (Å²) >= 11 is 0. The van der Waals surface area contributed by atoms with Gasteiger partial charge in [0.1, 0.15) is 58.5 Å². The molecule has 75 heavy (non-hydrogen) atoms. The number of aryl methyl sites for hydroxylation is 4. The minimum absolute atomic E-state index is 0. The zero-order valence-corrected chi connectivity index (χ0v) is 45.6. The van der Waals surface area contributed by atoms with E-state index in [1.165, 1.54) is 0 Å². The molecule has 0 amide bonds. The van der Waals surface area contributed by atoms with Crippen molar-refractivity contribution in [1.82, 2.24) is 24.4 Å². The normalized spacial score (nSPS) is 15.9. The van der Waals surface area contributed by atoms with Crippen LogP contribution in [0.1, 0.15) is 93.2 Å². The number of nitrogen functional groups attached to an aromatic ring is 1. The Balaban J connectivity index is 0.00000296. The van der Waals surface area contributed by atoms with Gasteiger partial charge in [0.25, 0.3) is 0 Å². The second-order valence-electron chi connectivity index (χ2n) is 18.1. The number of unbranched alkanes of at least 4 members (excludes halogenated alkanes) is 3. The Kier molecular flexibility index (Phi) is 23.8. The highest BCUT2D eigenvalue weighted by Crippen LogP contribution is 2.25. The summed E-state index contributed by atoms with van der Waals surface area (Å²) in [6.45, 7) is 7.27. The molecule has 0 fully saturated rings. The van der Waals surface area contributed by atoms with E-state index in [9.17, 15) is 0 Å². The first-order valence-corrected chi connectivity index (χ1v) is 24.3. The van der Waals surface area contributed by atoms with E-state index in [4.69, 9.17) is 62.8 Å². The van der Waals surface area contributed by atoms with Crippen molar-refractivity contribution in [3.63, 3.8) is 0 Å². The molecular formula is C54H73Cl3N14O4. The van der Waals surface area contributed by atoms with Crippen LogP contribution in [0.4, 0.5) is 0 Å². The van der Waals surface area contributed by atoms with E-state index < -0.39 is 6.17 Å². The number of fused-ring (bicyclic) bond motifs is 3. The molecule has 404 valence electrons. The second kappa shape index (κ2) is 28.6. The number of ether oxygens (including phenoxy) is 2. The van der Waals surface area contributed by atoms with Crippen molar-refractivity contribution in [2.24, 2.45) is 57.0 Å². The van der Waals surface area contributed by atoms with Crippen LogP contribution in [0.15, 0.2) is 129 Å². The Hall–Kier alpha value is -6.96. The molecule has 3 heterocycles. The van der Waals surface area contributed by atoms with Gasteiger partial charge in [-0.25, -0.2) is 20.0 Å². The molecule has 0 saturated heterocycles. The van der Waals surface area contributed by atoms with E-state index in [1.54, 1.807) is 0 Å². The van der Waals surface area contributed by atoms with Gasteiger partial charge in [-0.2, -0.15) is 0 Å². The summed E-state index contributed by atoms with van der Waals surface area (Å²) in [6.07, 6.45) is 12.9. The molecule has 2 aliphatic rings. The summed E-state index contributed by atoms with van der Waals surface area (Å²) in [5.41, 5.74) is 32.9. The van der Waals surface area contributed by atoms with Crippen LogP contribution < -0.4 is 37.7 Å². The summed E-state index contributed by atoms with van der Waals surface area (Å²) in [5.74, 6) is 5.79. The highest BCUT2D eigenvalue weighted by molar-refractivity contribution is 6.04. The zero-order chi connectivity index (χ0) is 49.3. The average molecular weight is 1090 g/mol. The Morgan fingerprint density at radius 2 is 1.24 bits per heavy atom. The summed E-state index contributed by atoms with van der Waals surface area (Å²) in [4.78, 5) is 28.7. The van der Waals surface area contributed by atoms with E-state index in [0.717, 1.165) is 125 Å². The van der Waals surface area contributed by atoms with Crippen molar-refractivity contribution in [3.05, 3.63) is 143 Å². The third kappa shape index (κ3) is 15.6. The highest BCUT2D eigenvalue weighted by Gasteiger charge is 2.29. The Morgan fingerprint density at radius 1 is 0.680 bits per heavy atom. The van der Waals surface area contributed by atoms with E-state index in [0.29, 0.717) is 36.3 Å². The van der Waals surface area contributed by atoms with Crippen LogP contribution in [0.2, 0.25) is 0 Å². The maximum atomic E-state index is 7.75. The lowest BCUT2D eigenvalue weighted by atomic mass is 9.99. The van der Waals surface area contributed by atoms with Gasteiger partial charge in [-0.15, -0.1) is 37.2 Å². The van der Waals surface area contributed by atoms with Gasteiger partial charge in [-0.05, 0) is 131 Å². The molecular weight excluding hydrogens is 1020 g/mol. The molecule has 4 atom stereocenters. The number of nitrogens with two attached hydrogens (primary N) is 4. The van der Waals surface area contributed by atoms with Gasteiger partial charge in [-0.1, -0.05) is 31.2 Å². The lowest BCUT2D eigenvalue weighted by Crippen LogP contribution is -2.35. The Labute approximate surface area is 457 Å². The van der Waals surface area contributed by atoms with Gasteiger partial charge < -0.3 is 57.8 Å². The number of benzene rings is 4. The molecule has 18 nitrogen and oxygen atoms in total. The number of nitrogens with zero attached hydrogens (tertiary/aromatic N) is 8. The van der Waals surface area contributed by atoms with Crippen molar-refractivity contribution in [3.8, 4) is 11.5 Å². The highest BCUT2D eigenvalue weighted by atomic mass is 35.5. The maximum Gasteiger partial charge on any atom is 0.141 e. The summed E-state index contributed by atoms with van der Waals surface area (Å²) in [7, 11) is 4.08. The van der Waals surface area contributed by atoms with Crippen LogP contribution in [0.3, 0.4) is 0 Å². The number of aliphatic imine (C=N–C) groups is 4. The molecule has 2 aromatic heterocycles. The molecule has 0 spiro atoms. The molecule has 8 rings (SSSR count). The number of hydrogen-bond donors (Lipinski definition) is 6. The molecule has 21 heteroatoms. The fourth-order valence-electron chi connectivity index (χ4n) is 8.63. The largest absolute Gasteiger partial charge is 0.494 e. The summed E-state index contributed by atoms with van der Waals surface area (Å²) in [5, 5.41) is 11.3. The SMILES string of the molecule is CCC(C)N=C(N)c1ccc(OCCCCCOc2cccc(C3=NC4C=CC(C(N)=NC(C)N=C(N)c5ccc6c(c5)nc(CCCCc5nc7cc(C(=N)N)ccc7n5C)n6C)=CC4N3)c2)cc1.Cl.Cl.Cl.O.O. The summed E-state index contributed by atoms with van der Waals surface area (Å²) < 4.78 is 16.3. The number of imidazole rings is 2. The lowest BCUT2D eigenvalue weighted by molar-refractivity contribution is 0.279. The van der Waals surface area contributed by atoms with Crippen LogP contribution in [-0.2, 0) is 26.9 Å². The van der Waals surface area contributed by atoms with Crippen molar-refractivity contribution in [2.45, 2.75) is 96.4 Å². The van der Waals surface area contributed by atoms with E-state index in [-0.39, 0.29) is 72.1 Å². The molecule has 0 radical (unpaired) electrons. The van der Waals surface area contributed by atoms with Crippen LogP contribution in [0.25, 0.3) is 22.1 Å². The van der Waals surface area contributed by atoms with Gasteiger partial charge in [-0.3, -0.25) is 15.4 Å². The molecule has 0 bridgehead atoms. The van der Waals surface area contributed by atoms with Crippen LogP contribution in [0.5, 0.6) is 11.5 Å². The van der Waals surface area contributed by atoms with Crippen LogP contribution in [0, 0.1) is 5.41 Å². The number of hydrogen-bond acceptors (Lipinski definition) is 10. The molecule has 6 aromatic rings. The fraction of sp³-hybridized carbons (Fsp3) is 0.352. The van der Waals surface area contributed by atoms with Crippen molar-refractivity contribution in [2.75, 3.05) is 13.2 Å². The van der Waals surface area contributed by atoms with Crippen molar-refractivity contribution >= 4 is 88.5 Å². The third-order valence-corrected chi connectivity index (χ3v) is 12.9. The first-order valence-electron chi connectivity index (χ1n) is 24.3. The third-order valence-electron chi connectivity index (χ3n) is 12.9. The molecule has 1 aliphatic heterocycles. The predicted octanol–water partition coefficient (Wildman–Crippen LogP) is 6.75. The number of amidine groups is 5. The molecule has 0 saturated carbocycles. The fourth-order valence-corrected chi connectivity index (χ4v) is 8.63. The van der Waals surface area contributed by atoms with Gasteiger partial charge >= 0.3 is 0 Å². The van der Waals surface area contributed by atoms with Crippen molar-refractivity contribution in [1.29, 1.82) is 5.41 Å². The second-order valence-corrected chi connectivity index (χ2v) is 18.1. The standard InChI is InChI=1S/C54H66N14O2.3ClH.2H2O/c1-6-33(2)60-51(57)35-17-22-40(23-18-35)69-27-10-7-11-28-70-41-14-12-13-39(29-41)54-65-42-24-19-37(31-43(42)66-54)52(58)61-34(3)62-53(59)38-21-26-47-45(32-38)64-49(68(47)5)16-9-8-15-48-63-44-30-36(50(55)56)20-25-46(44)67(48)4;;;;;/h12-14,17-26,29-34,42-43H,6-11,15-16,27-28H2,1-5H3,(H3,55,56)(H2,57,60)(H2,58,61)(H2,59,62)(H,65,66);3*1H;2*1H2. The van der Waals surface area contributed by atoms with Gasteiger partial charge in [0.05, 0.1) is 47.4 Å². The predicted molar refractivity (Wildman–Crippen MR) is 313 cm³/mol. The Morgan fingerprint density at radius 3 is 1.85 bits per heavy atom. The number of nitrogens with one attached hydrogen (secondary N) is 2. The van der Waals surface area contributed by atoms with E-state index in [1.807, 2.05) is 112 Å². The van der Waals surface area contributed by atoms with Crippen LogP contribution >= 0.6 is 37.2 Å². The van der Waals surface area contributed by atoms with Crippen molar-refractivity contribution < 1.29 is 20.4 Å². The number of aromatic nitrogens is 4. The quantitative estimate of drug-likeness (QED) is 0.0238. The van der Waals surface area contributed by atoms with E-state index in [2.05, 4.69) is 45.4 Å². The lowest BCUT2D eigenvalue weighted by Gasteiger charge is -2.18. The summed E-state index contributed by atoms with van der Waals surface area (Å²) in [6, 6.07) is 27.6. The Bertz CT molecular complexity index is 3060. The first-order chi connectivity index (χ1) is 33.8. The first kappa shape index (κ1) is 62.3. The number of rotatable bonds is 22. The van der Waals surface area contributed by atoms with E-state index >= 15 is 0 Å². The molecule has 14 N–H and O–H groups in total. The number of halogens is 3. The molecule has 1 aliphatic carbocycles. The van der Waals surface area contributed by atoms with Gasteiger partial charge in [0, 0.05) is 60.8 Å².